The van der Waals surface area contributed by atoms with Crippen LogP contribution >= 0.6 is 12.4 Å². The average molecular weight is 370 g/mol. The van der Waals surface area contributed by atoms with E-state index < -0.39 is 0 Å². The minimum atomic E-state index is -0.204. The number of hydrogen-bond acceptors (Lipinski definition) is 4. The minimum Gasteiger partial charge on any atom is -0.495 e. The van der Waals surface area contributed by atoms with Crippen LogP contribution in [0.25, 0.3) is 0 Å². The van der Waals surface area contributed by atoms with E-state index in [9.17, 15) is 9.59 Å². The van der Waals surface area contributed by atoms with Crippen LogP contribution in [0.5, 0.6) is 5.75 Å². The monoisotopic (exact) mass is 369 g/mol. The van der Waals surface area contributed by atoms with Gasteiger partial charge in [-0.05, 0) is 37.9 Å². The molecule has 140 valence electrons. The number of benzene rings is 1. The molecule has 1 atom stereocenters. The number of piperidine rings is 1. The third kappa shape index (κ3) is 6.21. The molecule has 1 saturated heterocycles. The van der Waals surface area contributed by atoms with Gasteiger partial charge in [0.1, 0.15) is 5.75 Å². The van der Waals surface area contributed by atoms with E-state index in [2.05, 4.69) is 10.6 Å². The number of halogens is 1. The summed E-state index contributed by atoms with van der Waals surface area (Å²) < 4.78 is 5.24. The Morgan fingerprint density at radius 1 is 1.36 bits per heavy atom. The van der Waals surface area contributed by atoms with Crippen LogP contribution in [0.1, 0.15) is 26.2 Å². The van der Waals surface area contributed by atoms with E-state index in [4.69, 9.17) is 4.74 Å². The largest absolute Gasteiger partial charge is 0.495 e. The molecule has 25 heavy (non-hydrogen) atoms. The van der Waals surface area contributed by atoms with Crippen LogP contribution < -0.4 is 15.4 Å². The van der Waals surface area contributed by atoms with E-state index in [1.807, 2.05) is 19.1 Å². The molecule has 1 aromatic rings. The van der Waals surface area contributed by atoms with Gasteiger partial charge in [-0.25, -0.2) is 0 Å². The number of anilines is 1. The van der Waals surface area contributed by atoms with Crippen molar-refractivity contribution in [2.45, 2.75) is 26.2 Å². The molecule has 1 heterocycles. The second-order valence-electron chi connectivity index (χ2n) is 6.05. The average Bonchev–Trinajstić information content (AvgIpc) is 2.62. The quantitative estimate of drug-likeness (QED) is 0.773. The maximum atomic E-state index is 12.7. The fraction of sp³-hybridized carbons (Fsp3) is 0.556. The second kappa shape index (κ2) is 10.9. The highest BCUT2D eigenvalue weighted by Crippen LogP contribution is 2.23. The van der Waals surface area contributed by atoms with E-state index >= 15 is 0 Å². The summed E-state index contributed by atoms with van der Waals surface area (Å²) in [6.45, 7) is 4.34. The zero-order chi connectivity index (χ0) is 17.4. The molecule has 2 N–H and O–H groups in total. The molecule has 1 fully saturated rings. The Balaban J connectivity index is 0.00000312. The number of methoxy groups -OCH3 is 1. The fourth-order valence-corrected chi connectivity index (χ4v) is 2.97. The molecule has 0 aromatic heterocycles. The summed E-state index contributed by atoms with van der Waals surface area (Å²) in [5.41, 5.74) is 0.619. The lowest BCUT2D eigenvalue weighted by Crippen LogP contribution is -2.46. The van der Waals surface area contributed by atoms with Gasteiger partial charge in [-0.1, -0.05) is 19.1 Å². The van der Waals surface area contributed by atoms with Crippen LogP contribution in [0.3, 0.4) is 0 Å². The molecule has 1 aromatic carbocycles. The Bertz CT molecular complexity index is 562. The molecule has 6 nitrogen and oxygen atoms in total. The highest BCUT2D eigenvalue weighted by atomic mass is 35.5. The van der Waals surface area contributed by atoms with Crippen LogP contribution in [-0.4, -0.2) is 50.0 Å². The van der Waals surface area contributed by atoms with Gasteiger partial charge in [0, 0.05) is 13.1 Å². The van der Waals surface area contributed by atoms with E-state index in [-0.39, 0.29) is 36.7 Å². The summed E-state index contributed by atoms with van der Waals surface area (Å²) in [6.07, 6.45) is 2.72. The molecule has 2 amide bonds. The Labute approximate surface area is 155 Å². The van der Waals surface area contributed by atoms with E-state index in [0.717, 1.165) is 25.8 Å². The lowest BCUT2D eigenvalue weighted by molar-refractivity contribution is -0.138. The van der Waals surface area contributed by atoms with Crippen LogP contribution in [0.4, 0.5) is 5.69 Å². The summed E-state index contributed by atoms with van der Waals surface area (Å²) in [7, 11) is 1.56. The predicted octanol–water partition coefficient (Wildman–Crippen LogP) is 2.29. The first-order chi connectivity index (χ1) is 11.7. The first-order valence-electron chi connectivity index (χ1n) is 8.58. The number of carbonyl (C=O) groups excluding carboxylic acids is 2. The SMILES string of the molecule is CCCN(CC(=O)Nc1ccccc1OC)C(=O)C1CCCNC1.Cl. The summed E-state index contributed by atoms with van der Waals surface area (Å²) in [5.74, 6) is 0.448. The first-order valence-corrected chi connectivity index (χ1v) is 8.58. The molecule has 0 bridgehead atoms. The molecule has 1 aliphatic heterocycles. The van der Waals surface area contributed by atoms with Gasteiger partial charge in [-0.3, -0.25) is 9.59 Å². The van der Waals surface area contributed by atoms with E-state index in [1.54, 1.807) is 24.1 Å². The normalized spacial score (nSPS) is 16.5. The molecule has 0 radical (unpaired) electrons. The molecular formula is C18H28ClN3O3. The maximum absolute atomic E-state index is 12.7. The topological polar surface area (TPSA) is 70.7 Å². The molecule has 1 unspecified atom stereocenters. The fourth-order valence-electron chi connectivity index (χ4n) is 2.97. The van der Waals surface area contributed by atoms with Crippen LogP contribution in [0, 0.1) is 5.92 Å². The van der Waals surface area contributed by atoms with Gasteiger partial charge in [0.25, 0.3) is 0 Å². The lowest BCUT2D eigenvalue weighted by atomic mass is 9.98. The third-order valence-corrected chi connectivity index (χ3v) is 4.17. The molecule has 7 heteroatoms. The van der Waals surface area contributed by atoms with Gasteiger partial charge in [0.05, 0.1) is 25.3 Å². The summed E-state index contributed by atoms with van der Waals surface area (Å²) in [5, 5.41) is 6.09. The lowest BCUT2D eigenvalue weighted by Gasteiger charge is -2.29. The highest BCUT2D eigenvalue weighted by Gasteiger charge is 2.26. The Morgan fingerprint density at radius 2 is 2.12 bits per heavy atom. The van der Waals surface area contributed by atoms with Gasteiger partial charge in [-0.15, -0.1) is 12.4 Å². The van der Waals surface area contributed by atoms with Gasteiger partial charge < -0.3 is 20.3 Å². The van der Waals surface area contributed by atoms with Crippen molar-refractivity contribution in [1.82, 2.24) is 10.2 Å². The Hall–Kier alpha value is -1.79. The van der Waals surface area contributed by atoms with Crippen molar-refractivity contribution in [2.75, 3.05) is 38.6 Å². The molecule has 1 aliphatic rings. The number of ether oxygens (including phenoxy) is 1. The van der Waals surface area contributed by atoms with Crippen molar-refractivity contribution in [2.24, 2.45) is 5.92 Å². The van der Waals surface area contributed by atoms with Crippen LogP contribution in [-0.2, 0) is 9.59 Å². The molecular weight excluding hydrogens is 342 g/mol. The van der Waals surface area contributed by atoms with Crippen molar-refractivity contribution in [3.8, 4) is 5.75 Å². The van der Waals surface area contributed by atoms with E-state index in [1.165, 1.54) is 0 Å². The summed E-state index contributed by atoms with van der Waals surface area (Å²) in [4.78, 5) is 26.7. The Kier molecular flexibility index (Phi) is 9.31. The maximum Gasteiger partial charge on any atom is 0.244 e. The number of carbonyl (C=O) groups is 2. The predicted molar refractivity (Wildman–Crippen MR) is 101 cm³/mol. The first kappa shape index (κ1) is 21.3. The van der Waals surface area contributed by atoms with Crippen LogP contribution in [0.2, 0.25) is 0 Å². The van der Waals surface area contributed by atoms with Gasteiger partial charge in [0.2, 0.25) is 11.8 Å². The molecule has 2 rings (SSSR count). The Morgan fingerprint density at radius 3 is 2.76 bits per heavy atom. The van der Waals surface area contributed by atoms with Crippen molar-refractivity contribution >= 4 is 29.9 Å². The molecule has 0 spiro atoms. The number of para-hydroxylation sites is 2. The minimum absolute atomic E-state index is 0. The number of rotatable bonds is 7. The van der Waals surface area contributed by atoms with Gasteiger partial charge >= 0.3 is 0 Å². The van der Waals surface area contributed by atoms with Gasteiger partial charge in [-0.2, -0.15) is 0 Å². The zero-order valence-electron chi connectivity index (χ0n) is 14.9. The van der Waals surface area contributed by atoms with Gasteiger partial charge in [0.15, 0.2) is 0 Å². The highest BCUT2D eigenvalue weighted by molar-refractivity contribution is 5.96. The third-order valence-electron chi connectivity index (χ3n) is 4.17. The number of hydrogen-bond donors (Lipinski definition) is 2. The standard InChI is InChI=1S/C18H27N3O3.ClH/c1-3-11-21(18(23)14-7-6-10-19-12-14)13-17(22)20-15-8-4-5-9-16(15)24-2;/h4-5,8-9,14,19H,3,6-7,10-13H2,1-2H3,(H,20,22);1H. The number of nitrogens with one attached hydrogen (secondary N) is 2. The van der Waals surface area contributed by atoms with Crippen LogP contribution in [0.15, 0.2) is 24.3 Å². The summed E-state index contributed by atoms with van der Waals surface area (Å²) in [6, 6.07) is 7.25. The van der Waals surface area contributed by atoms with Crippen molar-refractivity contribution in [3.05, 3.63) is 24.3 Å². The van der Waals surface area contributed by atoms with E-state index in [0.29, 0.717) is 24.5 Å². The zero-order valence-corrected chi connectivity index (χ0v) is 15.7. The second-order valence-corrected chi connectivity index (χ2v) is 6.05. The smallest absolute Gasteiger partial charge is 0.244 e. The molecule has 0 aliphatic carbocycles. The van der Waals surface area contributed by atoms with Crippen molar-refractivity contribution in [1.29, 1.82) is 0 Å². The van der Waals surface area contributed by atoms with Crippen molar-refractivity contribution in [3.63, 3.8) is 0 Å². The van der Waals surface area contributed by atoms with Crippen molar-refractivity contribution < 1.29 is 14.3 Å². The number of nitrogens with zero attached hydrogens (tertiary/aromatic N) is 1. The molecule has 0 saturated carbocycles. The summed E-state index contributed by atoms with van der Waals surface area (Å²) >= 11 is 0. The number of amides is 2.